The summed E-state index contributed by atoms with van der Waals surface area (Å²) in [7, 11) is 0. The molecule has 0 bridgehead atoms. The Kier molecular flexibility index (Phi) is 7.81. The predicted octanol–water partition coefficient (Wildman–Crippen LogP) is 2.83. The van der Waals surface area contributed by atoms with Gasteiger partial charge in [0.05, 0.1) is 5.69 Å². The van der Waals surface area contributed by atoms with E-state index >= 15 is 0 Å². The van der Waals surface area contributed by atoms with Crippen LogP contribution in [0.5, 0.6) is 0 Å². The SMILES string of the molecule is Cc1ccc(-c2nc(CCNC(=O)CC3CSCCN3)co2)cc1.Cl. The van der Waals surface area contributed by atoms with Crippen molar-refractivity contribution >= 4 is 30.1 Å². The van der Waals surface area contributed by atoms with Gasteiger partial charge in [0.15, 0.2) is 0 Å². The Hall–Kier alpha value is -1.50. The molecule has 0 spiro atoms. The molecule has 0 aliphatic carbocycles. The molecule has 3 rings (SSSR count). The summed E-state index contributed by atoms with van der Waals surface area (Å²) in [5, 5.41) is 6.34. The molecular formula is C18H24ClN3O2S. The molecule has 1 aromatic carbocycles. The topological polar surface area (TPSA) is 67.2 Å². The summed E-state index contributed by atoms with van der Waals surface area (Å²) >= 11 is 1.90. The van der Waals surface area contributed by atoms with Crippen molar-refractivity contribution in [1.82, 2.24) is 15.6 Å². The molecule has 0 saturated carbocycles. The summed E-state index contributed by atoms with van der Waals surface area (Å²) in [5.74, 6) is 2.86. The van der Waals surface area contributed by atoms with Crippen molar-refractivity contribution in [3.05, 3.63) is 41.8 Å². The van der Waals surface area contributed by atoms with Crippen molar-refractivity contribution in [1.29, 1.82) is 0 Å². The number of hydrogen-bond acceptors (Lipinski definition) is 5. The number of amides is 1. The first-order valence-electron chi connectivity index (χ1n) is 8.30. The Labute approximate surface area is 158 Å². The number of benzene rings is 1. The van der Waals surface area contributed by atoms with Gasteiger partial charge in [-0.1, -0.05) is 17.7 Å². The molecule has 25 heavy (non-hydrogen) atoms. The van der Waals surface area contributed by atoms with Crippen LogP contribution in [-0.2, 0) is 11.2 Å². The number of aryl methyl sites for hydroxylation is 1. The first kappa shape index (κ1) is 19.8. The molecule has 1 fully saturated rings. The zero-order valence-electron chi connectivity index (χ0n) is 14.3. The molecule has 1 saturated heterocycles. The Morgan fingerprint density at radius 3 is 2.92 bits per heavy atom. The predicted molar refractivity (Wildman–Crippen MR) is 104 cm³/mol. The lowest BCUT2D eigenvalue weighted by molar-refractivity contribution is -0.121. The molecule has 1 amide bonds. The molecule has 1 aliphatic heterocycles. The maximum atomic E-state index is 12.0. The van der Waals surface area contributed by atoms with Crippen LogP contribution in [0.4, 0.5) is 0 Å². The third kappa shape index (κ3) is 6.06. The molecular weight excluding hydrogens is 358 g/mol. The highest BCUT2D eigenvalue weighted by Gasteiger charge is 2.16. The summed E-state index contributed by atoms with van der Waals surface area (Å²) in [5.41, 5.74) is 3.04. The highest BCUT2D eigenvalue weighted by Crippen LogP contribution is 2.19. The first-order valence-corrected chi connectivity index (χ1v) is 9.45. The minimum Gasteiger partial charge on any atom is -0.444 e. The van der Waals surface area contributed by atoms with Gasteiger partial charge in [0.2, 0.25) is 11.8 Å². The van der Waals surface area contributed by atoms with Crippen LogP contribution >= 0.6 is 24.2 Å². The van der Waals surface area contributed by atoms with Gasteiger partial charge in [0.25, 0.3) is 0 Å². The molecule has 0 radical (unpaired) electrons. The molecule has 7 heteroatoms. The second-order valence-electron chi connectivity index (χ2n) is 6.04. The number of oxazole rings is 1. The molecule has 1 aromatic heterocycles. The second-order valence-corrected chi connectivity index (χ2v) is 7.19. The number of carbonyl (C=O) groups excluding carboxylic acids is 1. The Morgan fingerprint density at radius 1 is 1.40 bits per heavy atom. The third-order valence-corrected chi connectivity index (χ3v) is 5.11. The van der Waals surface area contributed by atoms with E-state index in [1.807, 2.05) is 36.0 Å². The van der Waals surface area contributed by atoms with Gasteiger partial charge in [-0.05, 0) is 19.1 Å². The first-order chi connectivity index (χ1) is 11.7. The maximum Gasteiger partial charge on any atom is 0.226 e. The van der Waals surface area contributed by atoms with Gasteiger partial charge in [-0.15, -0.1) is 12.4 Å². The monoisotopic (exact) mass is 381 g/mol. The van der Waals surface area contributed by atoms with Crippen molar-refractivity contribution in [3.8, 4) is 11.5 Å². The molecule has 1 unspecified atom stereocenters. The Bertz CT molecular complexity index is 669. The largest absolute Gasteiger partial charge is 0.444 e. The van der Waals surface area contributed by atoms with Gasteiger partial charge in [0, 0.05) is 49.0 Å². The minimum absolute atomic E-state index is 0. The van der Waals surface area contributed by atoms with Gasteiger partial charge in [0.1, 0.15) is 6.26 Å². The summed E-state index contributed by atoms with van der Waals surface area (Å²) in [6.07, 6.45) is 2.88. The Balaban J connectivity index is 0.00000225. The average molecular weight is 382 g/mol. The van der Waals surface area contributed by atoms with Gasteiger partial charge >= 0.3 is 0 Å². The number of thioether (sulfide) groups is 1. The lowest BCUT2D eigenvalue weighted by Gasteiger charge is -2.22. The van der Waals surface area contributed by atoms with Crippen LogP contribution in [0.15, 0.2) is 34.9 Å². The number of hydrogen-bond donors (Lipinski definition) is 2. The van der Waals surface area contributed by atoms with E-state index in [9.17, 15) is 4.79 Å². The van der Waals surface area contributed by atoms with Crippen LogP contribution in [0.3, 0.4) is 0 Å². The third-order valence-electron chi connectivity index (χ3n) is 3.98. The van der Waals surface area contributed by atoms with Crippen molar-refractivity contribution in [2.45, 2.75) is 25.8 Å². The van der Waals surface area contributed by atoms with Crippen LogP contribution in [0.1, 0.15) is 17.7 Å². The summed E-state index contributed by atoms with van der Waals surface area (Å²) < 4.78 is 5.53. The molecule has 2 heterocycles. The van der Waals surface area contributed by atoms with Gasteiger partial charge in [-0.3, -0.25) is 4.79 Å². The van der Waals surface area contributed by atoms with Gasteiger partial charge < -0.3 is 15.1 Å². The second kappa shape index (κ2) is 9.85. The average Bonchev–Trinajstić information content (AvgIpc) is 3.05. The number of nitrogens with one attached hydrogen (secondary N) is 2. The van der Waals surface area contributed by atoms with E-state index in [0.29, 0.717) is 31.3 Å². The number of carbonyl (C=O) groups is 1. The Morgan fingerprint density at radius 2 is 2.20 bits per heavy atom. The van der Waals surface area contributed by atoms with Crippen LogP contribution in [0, 0.1) is 6.92 Å². The molecule has 2 aromatic rings. The van der Waals surface area contributed by atoms with E-state index in [2.05, 4.69) is 22.5 Å². The lowest BCUT2D eigenvalue weighted by Crippen LogP contribution is -2.41. The molecule has 2 N–H and O–H groups in total. The number of halogens is 1. The maximum absolute atomic E-state index is 12.0. The number of aromatic nitrogens is 1. The normalized spacial score (nSPS) is 16.9. The smallest absolute Gasteiger partial charge is 0.226 e. The van der Waals surface area contributed by atoms with Crippen molar-refractivity contribution in [2.24, 2.45) is 0 Å². The molecule has 1 atom stereocenters. The highest BCUT2D eigenvalue weighted by atomic mass is 35.5. The fraction of sp³-hybridized carbons (Fsp3) is 0.444. The van der Waals surface area contributed by atoms with Crippen LogP contribution in [-0.4, -0.2) is 41.5 Å². The van der Waals surface area contributed by atoms with Gasteiger partial charge in [-0.25, -0.2) is 4.98 Å². The van der Waals surface area contributed by atoms with Crippen molar-refractivity contribution in [3.63, 3.8) is 0 Å². The van der Waals surface area contributed by atoms with E-state index in [-0.39, 0.29) is 18.3 Å². The quantitative estimate of drug-likeness (QED) is 0.805. The summed E-state index contributed by atoms with van der Waals surface area (Å²) in [4.78, 5) is 16.4. The van der Waals surface area contributed by atoms with E-state index in [1.165, 1.54) is 5.56 Å². The fourth-order valence-corrected chi connectivity index (χ4v) is 3.58. The van der Waals surface area contributed by atoms with E-state index in [1.54, 1.807) is 6.26 Å². The van der Waals surface area contributed by atoms with E-state index < -0.39 is 0 Å². The van der Waals surface area contributed by atoms with Gasteiger partial charge in [-0.2, -0.15) is 11.8 Å². The standard InChI is InChI=1S/C18H23N3O2S.ClH/c1-13-2-4-14(5-3-13)18-21-15(11-23-18)6-7-20-17(22)10-16-12-24-9-8-19-16;/h2-5,11,16,19H,6-10,12H2,1H3,(H,20,22);1H. The fourth-order valence-electron chi connectivity index (χ4n) is 2.63. The summed E-state index contributed by atoms with van der Waals surface area (Å²) in [6.45, 7) is 3.62. The number of rotatable bonds is 6. The zero-order valence-corrected chi connectivity index (χ0v) is 15.9. The van der Waals surface area contributed by atoms with Crippen LogP contribution in [0.25, 0.3) is 11.5 Å². The zero-order chi connectivity index (χ0) is 16.8. The lowest BCUT2D eigenvalue weighted by atomic mass is 10.1. The van der Waals surface area contributed by atoms with Crippen molar-refractivity contribution < 1.29 is 9.21 Å². The molecule has 1 aliphatic rings. The molecule has 5 nitrogen and oxygen atoms in total. The highest BCUT2D eigenvalue weighted by molar-refractivity contribution is 7.99. The molecule has 136 valence electrons. The van der Waals surface area contributed by atoms with Crippen molar-refractivity contribution in [2.75, 3.05) is 24.6 Å². The van der Waals surface area contributed by atoms with Crippen LogP contribution in [0.2, 0.25) is 0 Å². The minimum atomic E-state index is 0. The van der Waals surface area contributed by atoms with E-state index in [0.717, 1.165) is 29.3 Å². The summed E-state index contributed by atoms with van der Waals surface area (Å²) in [6, 6.07) is 8.38. The van der Waals surface area contributed by atoms with E-state index in [4.69, 9.17) is 4.42 Å². The number of nitrogens with zero attached hydrogens (tertiary/aromatic N) is 1. The van der Waals surface area contributed by atoms with Crippen LogP contribution < -0.4 is 10.6 Å².